The summed E-state index contributed by atoms with van der Waals surface area (Å²) in [4.78, 5) is 11.1. The van der Waals surface area contributed by atoms with Crippen LogP contribution in [-0.2, 0) is 0 Å². The minimum absolute atomic E-state index is 0.651. The van der Waals surface area contributed by atoms with E-state index in [4.69, 9.17) is 9.47 Å². The largest absolute Gasteiger partial charge is 0.493 e. The van der Waals surface area contributed by atoms with E-state index in [2.05, 4.69) is 0 Å². The van der Waals surface area contributed by atoms with Crippen LogP contribution in [-0.4, -0.2) is 20.5 Å². The maximum Gasteiger partial charge on any atom is 0.161 e. The van der Waals surface area contributed by atoms with E-state index in [1.165, 1.54) is 0 Å². The van der Waals surface area contributed by atoms with Gasteiger partial charge >= 0.3 is 0 Å². The molecular formula is C16H16O3. The van der Waals surface area contributed by atoms with Gasteiger partial charge in [-0.1, -0.05) is 29.8 Å². The predicted octanol–water partition coefficient (Wildman–Crippen LogP) is 3.49. The zero-order valence-electron chi connectivity index (χ0n) is 11.3. The molecule has 0 aliphatic carbocycles. The van der Waals surface area contributed by atoms with Crippen LogP contribution in [0, 0.1) is 6.92 Å². The number of rotatable bonds is 4. The number of carbonyl (C=O) groups excluding carboxylic acids is 1. The summed E-state index contributed by atoms with van der Waals surface area (Å²) in [5.41, 5.74) is 3.60. The summed E-state index contributed by atoms with van der Waals surface area (Å²) in [5, 5.41) is 0. The van der Waals surface area contributed by atoms with E-state index >= 15 is 0 Å². The van der Waals surface area contributed by atoms with Crippen LogP contribution < -0.4 is 9.47 Å². The lowest BCUT2D eigenvalue weighted by molar-refractivity contribution is 0.112. The van der Waals surface area contributed by atoms with Gasteiger partial charge in [-0.25, -0.2) is 0 Å². The standard InChI is InChI=1S/C16H16O3/c1-11-4-5-13(10-17)14(8-11)12-6-7-15(18-2)16(9-12)19-3/h4-10H,1-3H3. The first-order chi connectivity index (χ1) is 9.19. The number of benzene rings is 2. The lowest BCUT2D eigenvalue weighted by Crippen LogP contribution is -1.93. The molecule has 0 radical (unpaired) electrons. The molecular weight excluding hydrogens is 240 g/mol. The molecule has 0 fully saturated rings. The number of hydrogen-bond donors (Lipinski definition) is 0. The molecule has 3 nitrogen and oxygen atoms in total. The summed E-state index contributed by atoms with van der Waals surface area (Å²) < 4.78 is 10.5. The quantitative estimate of drug-likeness (QED) is 0.785. The fourth-order valence-electron chi connectivity index (χ4n) is 2.03. The van der Waals surface area contributed by atoms with E-state index in [-0.39, 0.29) is 0 Å². The summed E-state index contributed by atoms with van der Waals surface area (Å²) >= 11 is 0. The summed E-state index contributed by atoms with van der Waals surface area (Å²) in [6.45, 7) is 2.00. The molecule has 0 aliphatic rings. The second-order valence-corrected chi connectivity index (χ2v) is 4.28. The molecule has 2 aromatic rings. The predicted molar refractivity (Wildman–Crippen MR) is 75.1 cm³/mol. The molecule has 0 N–H and O–H groups in total. The summed E-state index contributed by atoms with van der Waals surface area (Å²) in [6.07, 6.45) is 0.867. The van der Waals surface area contributed by atoms with E-state index in [9.17, 15) is 4.79 Å². The second-order valence-electron chi connectivity index (χ2n) is 4.28. The number of aldehydes is 1. The van der Waals surface area contributed by atoms with Gasteiger partial charge in [-0.05, 0) is 30.2 Å². The first-order valence-electron chi connectivity index (χ1n) is 5.98. The molecule has 0 unspecified atom stereocenters. The molecule has 2 rings (SSSR count). The van der Waals surface area contributed by atoms with Crippen LogP contribution in [0.15, 0.2) is 36.4 Å². The van der Waals surface area contributed by atoms with E-state index in [1.807, 2.05) is 43.3 Å². The molecule has 0 aliphatic heterocycles. The van der Waals surface area contributed by atoms with Crippen molar-refractivity contribution in [3.8, 4) is 22.6 Å². The average Bonchev–Trinajstić information content (AvgIpc) is 2.46. The van der Waals surface area contributed by atoms with Crippen LogP contribution in [0.2, 0.25) is 0 Å². The maximum absolute atomic E-state index is 11.1. The Kier molecular flexibility index (Phi) is 3.85. The minimum atomic E-state index is 0.651. The van der Waals surface area contributed by atoms with Crippen molar-refractivity contribution >= 4 is 6.29 Å². The molecule has 0 bridgehead atoms. The molecule has 3 heteroatoms. The van der Waals surface area contributed by atoms with Crippen LogP contribution in [0.25, 0.3) is 11.1 Å². The third-order valence-electron chi connectivity index (χ3n) is 3.03. The SMILES string of the molecule is COc1ccc(-c2cc(C)ccc2C=O)cc1OC. The van der Waals surface area contributed by atoms with E-state index in [0.717, 1.165) is 23.0 Å². The molecule has 0 aromatic heterocycles. The van der Waals surface area contributed by atoms with Gasteiger partial charge in [-0.15, -0.1) is 0 Å². The van der Waals surface area contributed by atoms with Crippen LogP contribution in [0.1, 0.15) is 15.9 Å². The normalized spacial score (nSPS) is 10.1. The Morgan fingerprint density at radius 3 is 2.32 bits per heavy atom. The fraction of sp³-hybridized carbons (Fsp3) is 0.188. The van der Waals surface area contributed by atoms with E-state index in [0.29, 0.717) is 17.1 Å². The molecule has 0 atom stereocenters. The Morgan fingerprint density at radius 1 is 0.947 bits per heavy atom. The van der Waals surface area contributed by atoms with Gasteiger partial charge in [-0.2, -0.15) is 0 Å². The highest BCUT2D eigenvalue weighted by Crippen LogP contribution is 2.33. The molecule has 0 saturated heterocycles. The van der Waals surface area contributed by atoms with Gasteiger partial charge in [0.15, 0.2) is 17.8 Å². The third kappa shape index (κ3) is 2.60. The molecule has 0 amide bonds. The molecule has 98 valence electrons. The first kappa shape index (κ1) is 13.1. The molecule has 2 aromatic carbocycles. The first-order valence-corrected chi connectivity index (χ1v) is 5.98. The van der Waals surface area contributed by atoms with Crippen molar-refractivity contribution in [3.05, 3.63) is 47.5 Å². The van der Waals surface area contributed by atoms with Crippen molar-refractivity contribution in [2.24, 2.45) is 0 Å². The van der Waals surface area contributed by atoms with Gasteiger partial charge in [-0.3, -0.25) is 4.79 Å². The lowest BCUT2D eigenvalue weighted by Gasteiger charge is -2.11. The van der Waals surface area contributed by atoms with Crippen molar-refractivity contribution in [1.82, 2.24) is 0 Å². The van der Waals surface area contributed by atoms with Crippen molar-refractivity contribution in [2.45, 2.75) is 6.92 Å². The number of aryl methyl sites for hydroxylation is 1. The molecule has 0 saturated carbocycles. The van der Waals surface area contributed by atoms with Gasteiger partial charge in [0, 0.05) is 5.56 Å². The topological polar surface area (TPSA) is 35.5 Å². The Balaban J connectivity index is 2.58. The molecule has 19 heavy (non-hydrogen) atoms. The highest BCUT2D eigenvalue weighted by atomic mass is 16.5. The zero-order chi connectivity index (χ0) is 13.8. The van der Waals surface area contributed by atoms with Crippen LogP contribution in [0.3, 0.4) is 0 Å². The second kappa shape index (κ2) is 5.57. The number of methoxy groups -OCH3 is 2. The Morgan fingerprint density at radius 2 is 1.68 bits per heavy atom. The van der Waals surface area contributed by atoms with Crippen LogP contribution >= 0.6 is 0 Å². The molecule has 0 spiro atoms. The fourth-order valence-corrected chi connectivity index (χ4v) is 2.03. The van der Waals surface area contributed by atoms with Crippen molar-refractivity contribution < 1.29 is 14.3 Å². The van der Waals surface area contributed by atoms with Gasteiger partial charge < -0.3 is 9.47 Å². The van der Waals surface area contributed by atoms with E-state index in [1.54, 1.807) is 14.2 Å². The van der Waals surface area contributed by atoms with Gasteiger partial charge in [0.2, 0.25) is 0 Å². The zero-order valence-corrected chi connectivity index (χ0v) is 11.3. The third-order valence-corrected chi connectivity index (χ3v) is 3.03. The van der Waals surface area contributed by atoms with Crippen molar-refractivity contribution in [1.29, 1.82) is 0 Å². The van der Waals surface area contributed by atoms with Gasteiger partial charge in [0.1, 0.15) is 0 Å². The average molecular weight is 256 g/mol. The Bertz CT molecular complexity index is 603. The Labute approximate surface area is 112 Å². The maximum atomic E-state index is 11.1. The number of ether oxygens (including phenoxy) is 2. The van der Waals surface area contributed by atoms with E-state index < -0.39 is 0 Å². The van der Waals surface area contributed by atoms with Crippen LogP contribution in [0.5, 0.6) is 11.5 Å². The van der Waals surface area contributed by atoms with Crippen molar-refractivity contribution in [3.63, 3.8) is 0 Å². The highest BCUT2D eigenvalue weighted by molar-refractivity contribution is 5.88. The summed E-state index contributed by atoms with van der Waals surface area (Å²) in [7, 11) is 3.19. The number of carbonyl (C=O) groups is 1. The number of hydrogen-bond acceptors (Lipinski definition) is 3. The highest BCUT2D eigenvalue weighted by Gasteiger charge is 2.09. The smallest absolute Gasteiger partial charge is 0.161 e. The molecule has 0 heterocycles. The Hall–Kier alpha value is -2.29. The summed E-state index contributed by atoms with van der Waals surface area (Å²) in [6, 6.07) is 11.4. The lowest BCUT2D eigenvalue weighted by atomic mass is 9.98. The van der Waals surface area contributed by atoms with Gasteiger partial charge in [0.25, 0.3) is 0 Å². The minimum Gasteiger partial charge on any atom is -0.493 e. The van der Waals surface area contributed by atoms with Crippen LogP contribution in [0.4, 0.5) is 0 Å². The van der Waals surface area contributed by atoms with Gasteiger partial charge in [0.05, 0.1) is 14.2 Å². The monoisotopic (exact) mass is 256 g/mol. The summed E-state index contributed by atoms with van der Waals surface area (Å²) in [5.74, 6) is 1.32. The van der Waals surface area contributed by atoms with Crippen molar-refractivity contribution in [2.75, 3.05) is 14.2 Å².